The van der Waals surface area contributed by atoms with Gasteiger partial charge in [-0.05, 0) is 155 Å². The van der Waals surface area contributed by atoms with Gasteiger partial charge in [0.05, 0.1) is 52.2 Å². The van der Waals surface area contributed by atoms with Crippen molar-refractivity contribution in [1.82, 2.24) is 99.1 Å². The SMILES string of the molecule is CC(C)c1ccc(-c2cccc(N)n2)cn1.CC(C)c1ccc(-c2csc(N)n2)cn1.CC(C)c1ccc(-c2nccc(N)n2)cc1.CC(C)c1ccc(-n2ccc(N)n2)cc1.CC(C)c1ccc(-n2ccc(N)n2)cn1.CC(C)c1ccc(-n2ccc(N)n2)nc1.CC(C)c1cnc(-c2cccc(N)n2)cn1.CC(C)c1ncc(-c2cccc(N)n2)cn1. The van der Waals surface area contributed by atoms with Crippen molar-refractivity contribution in [3.05, 3.63) is 301 Å². The Morgan fingerprint density at radius 3 is 1.08 bits per heavy atom. The standard InChI is InChI=1S/2C13H15N3.2C12H14N4.C12H15N3.2C11H14N4.C11H13N3S/c1-9(2)10-3-5-11(6-4-10)13-15-8-7-12(14)16-13;1-9(2)11-7-6-10(8-15-11)12-4-3-5-13(14)16-12;1-8(2)12-14-6-9(7-15-12)10-4-3-5-11(13)16-10;1-8(2)10-6-15-11(7-14-10)9-4-3-5-12(13)16-9;1-9(2)10-3-5-11(6-4-10)15-8-7-12(13)14-15;1-8(2)10-4-3-9(7-13-10)15-6-5-11(12)14-15;1-8(2)9-3-4-11(13-7-9)15-6-5-10(12)14-15;1-7(2)9-4-3-8(5-13-9)10-6-15-11(12)14-10/h3-9H,1-2H3,(H2,14,15,16);3-9H,1-2H3,(H2,14,16);2*3-8H,1-2H3,(H2,13,16);3-9H,1-2H3,(H2,13,14);2*3-8H,1-2H3,(H2,12,14);3-7H,1-2H3,(H2,12,14). The Morgan fingerprint density at radius 1 is 0.258 bits per heavy atom. The number of rotatable bonds is 16. The molecule has 0 amide bonds. The molecule has 0 radical (unpaired) electrons. The molecule has 0 unspecified atom stereocenters. The zero-order valence-electron chi connectivity index (χ0n) is 73.3. The second-order valence-corrected chi connectivity index (χ2v) is 32.1. The van der Waals surface area contributed by atoms with E-state index in [0.29, 0.717) is 99.0 Å². The number of pyridine rings is 7. The highest BCUT2D eigenvalue weighted by molar-refractivity contribution is 7.13. The summed E-state index contributed by atoms with van der Waals surface area (Å²) in [7, 11) is 0. The highest BCUT2D eigenvalue weighted by Gasteiger charge is 2.13. The fourth-order valence-electron chi connectivity index (χ4n) is 11.3. The van der Waals surface area contributed by atoms with Crippen LogP contribution in [0.4, 0.5) is 45.9 Å². The third-order valence-corrected chi connectivity index (χ3v) is 19.3. The van der Waals surface area contributed by atoms with Gasteiger partial charge >= 0.3 is 0 Å². The maximum absolute atomic E-state index is 5.64. The highest BCUT2D eigenvalue weighted by atomic mass is 32.1. The number of thiazole rings is 1. The Labute approximate surface area is 730 Å². The maximum atomic E-state index is 5.64. The fraction of sp³-hybridized carbons (Fsp3) is 0.253. The zero-order chi connectivity index (χ0) is 89.5. The number of hydrogen-bond donors (Lipinski definition) is 8. The number of aromatic nitrogens is 20. The van der Waals surface area contributed by atoms with Crippen molar-refractivity contribution >= 4 is 57.2 Å². The molecule has 0 aliphatic heterocycles. The van der Waals surface area contributed by atoms with Gasteiger partial charge in [-0.1, -0.05) is 171 Å². The summed E-state index contributed by atoms with van der Waals surface area (Å²) in [5, 5.41) is 14.9. The smallest absolute Gasteiger partial charge is 0.180 e. The van der Waals surface area contributed by atoms with Crippen LogP contribution in [0.25, 0.3) is 73.7 Å². The second-order valence-electron chi connectivity index (χ2n) is 31.2. The van der Waals surface area contributed by atoms with Crippen molar-refractivity contribution in [2.75, 3.05) is 45.9 Å². The predicted octanol–water partition coefficient (Wildman–Crippen LogP) is 19.6. The molecule has 0 aliphatic carbocycles. The van der Waals surface area contributed by atoms with E-state index in [1.807, 2.05) is 134 Å². The normalized spacial score (nSPS) is 10.8. The lowest BCUT2D eigenvalue weighted by Crippen LogP contribution is -2.00. The van der Waals surface area contributed by atoms with Crippen molar-refractivity contribution in [2.24, 2.45) is 0 Å². The summed E-state index contributed by atoms with van der Waals surface area (Å²) in [6.07, 6.45) is 21.6. The molecule has 2 aromatic carbocycles. The van der Waals surface area contributed by atoms with Gasteiger partial charge in [0.15, 0.2) is 16.8 Å². The Morgan fingerprint density at radius 2 is 0.677 bits per heavy atom. The van der Waals surface area contributed by atoms with Gasteiger partial charge in [0, 0.05) is 131 Å². The van der Waals surface area contributed by atoms with E-state index < -0.39 is 0 Å². The lowest BCUT2D eigenvalue weighted by molar-refractivity contribution is 0.774. The first kappa shape index (κ1) is 93.3. The third-order valence-electron chi connectivity index (χ3n) is 18.7. The van der Waals surface area contributed by atoms with Crippen molar-refractivity contribution in [3.63, 3.8) is 0 Å². The molecule has 14 heterocycles. The van der Waals surface area contributed by atoms with Crippen LogP contribution in [0.5, 0.6) is 0 Å². The molecule has 0 bridgehead atoms. The van der Waals surface area contributed by atoms with Gasteiger partial charge in [-0.25, -0.2) is 58.9 Å². The summed E-state index contributed by atoms with van der Waals surface area (Å²) >= 11 is 1.45. The van der Waals surface area contributed by atoms with Gasteiger partial charge in [0.25, 0.3) is 0 Å². The van der Waals surface area contributed by atoms with Crippen LogP contribution in [-0.4, -0.2) is 99.1 Å². The Kier molecular flexibility index (Phi) is 34.4. The minimum Gasteiger partial charge on any atom is -0.384 e. The summed E-state index contributed by atoms with van der Waals surface area (Å²) < 4.78 is 5.16. The average molecular weight is 1680 g/mol. The Balaban J connectivity index is 0.000000161. The van der Waals surface area contributed by atoms with Crippen LogP contribution in [0, 0.1) is 0 Å². The number of hydrogen-bond acceptors (Lipinski definition) is 26. The number of nitrogen functional groups attached to an aromatic ring is 8. The molecule has 14 aromatic heterocycles. The van der Waals surface area contributed by atoms with Gasteiger partial charge in [-0.2, -0.15) is 10.2 Å². The third kappa shape index (κ3) is 28.8. The van der Waals surface area contributed by atoms with E-state index in [1.165, 1.54) is 28.0 Å². The Hall–Kier alpha value is -14.6. The van der Waals surface area contributed by atoms with Crippen LogP contribution >= 0.6 is 11.3 Å². The van der Waals surface area contributed by atoms with Crippen LogP contribution in [-0.2, 0) is 0 Å². The molecule has 16 rings (SSSR count). The summed E-state index contributed by atoms with van der Waals surface area (Å²) in [6, 6.07) is 56.4. The van der Waals surface area contributed by atoms with Crippen LogP contribution < -0.4 is 45.9 Å². The summed E-state index contributed by atoms with van der Waals surface area (Å²) in [4.78, 5) is 60.0. The number of benzene rings is 2. The van der Waals surface area contributed by atoms with Gasteiger partial charge < -0.3 is 45.9 Å². The van der Waals surface area contributed by atoms with Crippen LogP contribution in [0.15, 0.2) is 256 Å². The van der Waals surface area contributed by atoms with E-state index in [-0.39, 0.29) is 0 Å². The largest absolute Gasteiger partial charge is 0.384 e. The van der Waals surface area contributed by atoms with Crippen molar-refractivity contribution in [1.29, 1.82) is 0 Å². The molecule has 0 aliphatic rings. The summed E-state index contributed by atoms with van der Waals surface area (Å²) in [6.45, 7) is 34.0. The molecule has 29 heteroatoms. The van der Waals surface area contributed by atoms with Gasteiger partial charge in [0.1, 0.15) is 52.2 Å². The Bertz CT molecular complexity index is 5120. The fourth-order valence-corrected chi connectivity index (χ4v) is 11.9. The maximum Gasteiger partial charge on any atom is 0.180 e. The average Bonchev–Trinajstić information content (AvgIpc) is 1.65. The summed E-state index contributed by atoms with van der Waals surface area (Å²) in [5.41, 5.74) is 62.8. The molecule has 16 N–H and O–H groups in total. The number of nitrogens with two attached hydrogens (primary N) is 8. The van der Waals surface area contributed by atoms with E-state index in [0.717, 1.165) is 96.5 Å². The molecule has 0 saturated carbocycles. The summed E-state index contributed by atoms with van der Waals surface area (Å²) in [5.74, 6) is 9.56. The molecule has 0 spiro atoms. The molecular formula is C95H114N28S. The van der Waals surface area contributed by atoms with E-state index in [9.17, 15) is 0 Å². The van der Waals surface area contributed by atoms with Gasteiger partial charge in [-0.15, -0.1) is 16.4 Å². The molecule has 16 aromatic rings. The van der Waals surface area contributed by atoms with Crippen molar-refractivity contribution < 1.29 is 0 Å². The molecular weight excluding hydrogens is 1570 g/mol. The first-order valence-corrected chi connectivity index (χ1v) is 41.8. The van der Waals surface area contributed by atoms with Crippen LogP contribution in [0.1, 0.15) is 203 Å². The topological polar surface area (TPSA) is 442 Å². The first-order chi connectivity index (χ1) is 59.3. The predicted molar refractivity (Wildman–Crippen MR) is 505 cm³/mol. The highest BCUT2D eigenvalue weighted by Crippen LogP contribution is 2.27. The minimum atomic E-state index is 0.336. The molecule has 0 saturated heterocycles. The van der Waals surface area contributed by atoms with Crippen LogP contribution in [0.2, 0.25) is 0 Å². The van der Waals surface area contributed by atoms with E-state index in [2.05, 4.69) is 238 Å². The number of anilines is 8. The van der Waals surface area contributed by atoms with Crippen molar-refractivity contribution in [2.45, 2.75) is 158 Å². The molecule has 124 heavy (non-hydrogen) atoms. The molecule has 28 nitrogen and oxygen atoms in total. The quantitative estimate of drug-likeness (QED) is 0.0445. The van der Waals surface area contributed by atoms with Gasteiger partial charge in [-0.3, -0.25) is 24.9 Å². The zero-order valence-corrected chi connectivity index (χ0v) is 74.2. The first-order valence-electron chi connectivity index (χ1n) is 40.9. The van der Waals surface area contributed by atoms with E-state index in [1.54, 1.807) is 93.7 Å². The van der Waals surface area contributed by atoms with E-state index >= 15 is 0 Å². The molecule has 0 atom stereocenters. The lowest BCUT2D eigenvalue weighted by Gasteiger charge is -2.06. The minimum absolute atomic E-state index is 0.336. The number of nitrogens with zero attached hydrogens (tertiary/aromatic N) is 20. The second kappa shape index (κ2) is 45.7. The van der Waals surface area contributed by atoms with E-state index in [4.69, 9.17) is 45.9 Å². The monoisotopic (exact) mass is 1680 g/mol. The lowest BCUT2D eigenvalue weighted by atomic mass is 10.0. The van der Waals surface area contributed by atoms with Crippen molar-refractivity contribution in [3.8, 4) is 73.7 Å². The van der Waals surface area contributed by atoms with Gasteiger partial charge in [0.2, 0.25) is 0 Å². The van der Waals surface area contributed by atoms with Crippen LogP contribution in [0.3, 0.4) is 0 Å². The molecule has 640 valence electrons. The molecule has 0 fully saturated rings.